The summed E-state index contributed by atoms with van der Waals surface area (Å²) in [6.07, 6.45) is 1.48. The third kappa shape index (κ3) is 3.52. The summed E-state index contributed by atoms with van der Waals surface area (Å²) in [4.78, 5) is 10.9. The number of nitrogens with two attached hydrogens (primary N) is 2. The van der Waals surface area contributed by atoms with E-state index in [1.165, 1.54) is 24.4 Å². The van der Waals surface area contributed by atoms with E-state index < -0.39 is 15.9 Å². The Hall–Kier alpha value is -2.52. The Bertz CT molecular complexity index is 762. The van der Waals surface area contributed by atoms with Crippen LogP contribution in [0.15, 0.2) is 41.4 Å². The first-order valence-electron chi connectivity index (χ1n) is 5.86. The molecule has 2 aromatic rings. The van der Waals surface area contributed by atoms with E-state index in [1.54, 1.807) is 12.1 Å². The monoisotopic (exact) mass is 307 g/mol. The summed E-state index contributed by atoms with van der Waals surface area (Å²) in [5.74, 6) is -0.682. The normalized spacial score (nSPS) is 11.2. The molecule has 1 aromatic heterocycles. The smallest absolute Gasteiger partial charge is 0.248 e. The molecule has 1 aromatic carbocycles. The Morgan fingerprint density at radius 1 is 1.29 bits per heavy atom. The van der Waals surface area contributed by atoms with Crippen molar-refractivity contribution < 1.29 is 13.2 Å². The molecule has 1 amide bonds. The molecule has 1 heterocycles. The molecule has 9 heteroatoms. The van der Waals surface area contributed by atoms with Gasteiger partial charge in [0.2, 0.25) is 15.9 Å². The second kappa shape index (κ2) is 5.85. The molecule has 0 radical (unpaired) electrons. The molecule has 0 fully saturated rings. The fourth-order valence-corrected chi connectivity index (χ4v) is 2.73. The topological polar surface area (TPSA) is 141 Å². The molecule has 0 atom stereocenters. The molecular weight excluding hydrogens is 294 g/mol. The maximum Gasteiger partial charge on any atom is 0.248 e. The highest BCUT2D eigenvalue weighted by Crippen LogP contribution is 2.19. The number of aromatic nitrogens is 2. The van der Waals surface area contributed by atoms with E-state index in [-0.39, 0.29) is 22.7 Å². The maximum absolute atomic E-state index is 12.2. The number of nitrogen functional groups attached to an aromatic ring is 1. The molecule has 110 valence electrons. The minimum Gasteiger partial charge on any atom is -0.398 e. The van der Waals surface area contributed by atoms with Crippen LogP contribution >= 0.6 is 0 Å². The van der Waals surface area contributed by atoms with Crippen LogP contribution in [0.25, 0.3) is 0 Å². The molecule has 0 bridgehead atoms. The first-order valence-corrected chi connectivity index (χ1v) is 7.34. The lowest BCUT2D eigenvalue weighted by Gasteiger charge is -2.09. The average molecular weight is 307 g/mol. The van der Waals surface area contributed by atoms with Gasteiger partial charge in [-0.25, -0.2) is 13.1 Å². The number of hydrogen-bond donors (Lipinski definition) is 3. The number of sulfonamides is 1. The van der Waals surface area contributed by atoms with Crippen molar-refractivity contribution in [2.24, 2.45) is 5.73 Å². The van der Waals surface area contributed by atoms with Crippen molar-refractivity contribution in [3.05, 3.63) is 47.8 Å². The number of nitrogens with zero attached hydrogens (tertiary/aromatic N) is 2. The third-order valence-electron chi connectivity index (χ3n) is 2.65. The largest absolute Gasteiger partial charge is 0.398 e. The maximum atomic E-state index is 12.2. The number of nitrogens with one attached hydrogen (secondary N) is 1. The van der Waals surface area contributed by atoms with E-state index in [0.29, 0.717) is 5.69 Å². The second-order valence-corrected chi connectivity index (χ2v) is 5.89. The number of hydrogen-bond acceptors (Lipinski definition) is 6. The van der Waals surface area contributed by atoms with Crippen LogP contribution in [0.4, 0.5) is 5.69 Å². The van der Waals surface area contributed by atoms with E-state index in [9.17, 15) is 13.2 Å². The predicted molar refractivity (Wildman–Crippen MR) is 75.4 cm³/mol. The molecule has 0 aliphatic rings. The quantitative estimate of drug-likeness (QED) is 0.644. The highest BCUT2D eigenvalue weighted by Gasteiger charge is 2.18. The molecule has 0 saturated heterocycles. The molecule has 2 rings (SSSR count). The van der Waals surface area contributed by atoms with Gasteiger partial charge in [0.05, 0.1) is 17.9 Å². The number of rotatable bonds is 5. The van der Waals surface area contributed by atoms with E-state index in [2.05, 4.69) is 14.9 Å². The highest BCUT2D eigenvalue weighted by atomic mass is 32.2. The number of primary amides is 1. The van der Waals surface area contributed by atoms with Crippen LogP contribution in [0.3, 0.4) is 0 Å². The summed E-state index contributed by atoms with van der Waals surface area (Å²) < 4.78 is 26.7. The molecule has 5 N–H and O–H groups in total. The van der Waals surface area contributed by atoms with Gasteiger partial charge in [0.15, 0.2) is 0 Å². The molecule has 21 heavy (non-hydrogen) atoms. The van der Waals surface area contributed by atoms with Crippen LogP contribution in [0.5, 0.6) is 0 Å². The van der Waals surface area contributed by atoms with Gasteiger partial charge in [0.25, 0.3) is 0 Å². The van der Waals surface area contributed by atoms with E-state index in [1.807, 2.05) is 0 Å². The van der Waals surface area contributed by atoms with Gasteiger partial charge in [-0.2, -0.15) is 10.2 Å². The number of carbonyl (C=O) groups excluding carboxylic acids is 1. The summed E-state index contributed by atoms with van der Waals surface area (Å²) in [6, 6.07) is 7.03. The summed E-state index contributed by atoms with van der Waals surface area (Å²) in [5.41, 5.74) is 11.3. The first kappa shape index (κ1) is 14.9. The molecule has 0 unspecified atom stereocenters. The van der Waals surface area contributed by atoms with E-state index in [0.717, 1.165) is 0 Å². The highest BCUT2D eigenvalue weighted by molar-refractivity contribution is 7.89. The Labute approximate surface area is 121 Å². The second-order valence-electron chi connectivity index (χ2n) is 4.16. The van der Waals surface area contributed by atoms with Crippen LogP contribution in [-0.2, 0) is 16.6 Å². The average Bonchev–Trinajstić information content (AvgIpc) is 2.46. The zero-order chi connectivity index (χ0) is 15.5. The van der Waals surface area contributed by atoms with Crippen LogP contribution in [0, 0.1) is 0 Å². The van der Waals surface area contributed by atoms with Crippen molar-refractivity contribution in [1.82, 2.24) is 14.9 Å². The molecule has 0 spiro atoms. The Morgan fingerprint density at radius 2 is 2.05 bits per heavy atom. The van der Waals surface area contributed by atoms with Crippen LogP contribution < -0.4 is 16.2 Å². The molecule has 0 aliphatic heterocycles. The van der Waals surface area contributed by atoms with Gasteiger partial charge >= 0.3 is 0 Å². The number of anilines is 1. The van der Waals surface area contributed by atoms with Crippen LogP contribution in [0.1, 0.15) is 16.1 Å². The third-order valence-corrected chi connectivity index (χ3v) is 4.13. The van der Waals surface area contributed by atoms with Gasteiger partial charge in [-0.3, -0.25) is 4.79 Å². The molecule has 0 aliphatic carbocycles. The predicted octanol–water partition coefficient (Wildman–Crippen LogP) is -0.364. The molecule has 8 nitrogen and oxygen atoms in total. The van der Waals surface area contributed by atoms with Crippen molar-refractivity contribution in [3.8, 4) is 0 Å². The van der Waals surface area contributed by atoms with Gasteiger partial charge in [-0.05, 0) is 30.3 Å². The standard InChI is InChI=1S/C12H13N5O3S/c13-10-6-8(12(14)18)3-4-11(10)21(19,20)16-7-9-2-1-5-15-17-9/h1-6,16H,7,13H2,(H2,14,18). The van der Waals surface area contributed by atoms with Crippen LogP contribution in [-0.4, -0.2) is 24.5 Å². The summed E-state index contributed by atoms with van der Waals surface area (Å²) >= 11 is 0. The lowest BCUT2D eigenvalue weighted by molar-refractivity contribution is 0.1000. The van der Waals surface area contributed by atoms with Gasteiger partial charge < -0.3 is 11.5 Å². The fourth-order valence-electron chi connectivity index (χ4n) is 1.62. The number of amides is 1. The van der Waals surface area contributed by atoms with Crippen molar-refractivity contribution in [2.75, 3.05) is 5.73 Å². The SMILES string of the molecule is NC(=O)c1ccc(S(=O)(=O)NCc2cccnn2)c(N)c1. The zero-order valence-electron chi connectivity index (χ0n) is 10.9. The van der Waals surface area contributed by atoms with Gasteiger partial charge in [-0.15, -0.1) is 0 Å². The van der Waals surface area contributed by atoms with E-state index in [4.69, 9.17) is 11.5 Å². The van der Waals surface area contributed by atoms with Gasteiger partial charge in [-0.1, -0.05) is 0 Å². The number of carbonyl (C=O) groups is 1. The van der Waals surface area contributed by atoms with Crippen molar-refractivity contribution in [3.63, 3.8) is 0 Å². The lowest BCUT2D eigenvalue weighted by atomic mass is 10.2. The zero-order valence-corrected chi connectivity index (χ0v) is 11.7. The minimum absolute atomic E-state index is 0.0207. The van der Waals surface area contributed by atoms with Gasteiger partial charge in [0.1, 0.15) is 4.90 Å². The Balaban J connectivity index is 2.22. The molecule has 0 saturated carbocycles. The molecular formula is C12H13N5O3S. The van der Waals surface area contributed by atoms with Crippen molar-refractivity contribution >= 4 is 21.6 Å². The lowest BCUT2D eigenvalue weighted by Crippen LogP contribution is -2.25. The summed E-state index contributed by atoms with van der Waals surface area (Å²) in [6.45, 7) is -0.0207. The van der Waals surface area contributed by atoms with Crippen molar-refractivity contribution in [2.45, 2.75) is 11.4 Å². The summed E-state index contributed by atoms with van der Waals surface area (Å²) in [7, 11) is -3.83. The van der Waals surface area contributed by atoms with E-state index >= 15 is 0 Å². The Morgan fingerprint density at radius 3 is 2.62 bits per heavy atom. The minimum atomic E-state index is -3.83. The van der Waals surface area contributed by atoms with Gasteiger partial charge in [0, 0.05) is 11.8 Å². The summed E-state index contributed by atoms with van der Waals surface area (Å²) in [5, 5.41) is 7.41. The Kier molecular flexibility index (Phi) is 4.15. The van der Waals surface area contributed by atoms with Crippen molar-refractivity contribution in [1.29, 1.82) is 0 Å². The first-order chi connectivity index (χ1) is 9.90. The fraction of sp³-hybridized carbons (Fsp3) is 0.0833. The van der Waals surface area contributed by atoms with Crippen LogP contribution in [0.2, 0.25) is 0 Å². The number of benzene rings is 1.